The van der Waals surface area contributed by atoms with E-state index in [0.29, 0.717) is 12.5 Å². The van der Waals surface area contributed by atoms with Crippen LogP contribution in [0.4, 0.5) is 0 Å². The van der Waals surface area contributed by atoms with Crippen molar-refractivity contribution >= 4 is 5.91 Å². The second-order valence-corrected chi connectivity index (χ2v) is 3.70. The van der Waals surface area contributed by atoms with Gasteiger partial charge < -0.3 is 16.0 Å². The average Bonchev–Trinajstić information content (AvgIpc) is 2.65. The lowest BCUT2D eigenvalue weighted by atomic mass is 10.2. The van der Waals surface area contributed by atoms with Crippen LogP contribution < -0.4 is 16.0 Å². The Labute approximate surface area is 85.8 Å². The molecule has 4 nitrogen and oxygen atoms in total. The van der Waals surface area contributed by atoms with Crippen LogP contribution in [0.25, 0.3) is 0 Å². The molecule has 1 unspecified atom stereocenters. The van der Waals surface area contributed by atoms with E-state index >= 15 is 0 Å². The highest BCUT2D eigenvalue weighted by Gasteiger charge is 2.12. The number of carbonyl (C=O) groups is 1. The van der Waals surface area contributed by atoms with Crippen molar-refractivity contribution in [1.82, 2.24) is 16.0 Å². The van der Waals surface area contributed by atoms with Crippen LogP contribution in [0.3, 0.4) is 0 Å². The summed E-state index contributed by atoms with van der Waals surface area (Å²) in [5.41, 5.74) is 0. The molecule has 0 aromatic rings. The maximum absolute atomic E-state index is 11.1. The number of hydrogen-bond acceptors (Lipinski definition) is 3. The molecule has 14 heavy (non-hydrogen) atoms. The lowest BCUT2D eigenvalue weighted by molar-refractivity contribution is -0.120. The topological polar surface area (TPSA) is 53.2 Å². The molecule has 0 spiro atoms. The summed E-state index contributed by atoms with van der Waals surface area (Å²) in [4.78, 5) is 11.1. The normalized spacial score (nSPS) is 21.1. The Balaban J connectivity index is 1.90. The molecule has 1 fully saturated rings. The minimum absolute atomic E-state index is 0.138. The largest absolute Gasteiger partial charge is 0.356 e. The zero-order valence-corrected chi connectivity index (χ0v) is 8.94. The van der Waals surface area contributed by atoms with Gasteiger partial charge in [0.05, 0.1) is 0 Å². The molecule has 1 aliphatic heterocycles. The van der Waals surface area contributed by atoms with Crippen molar-refractivity contribution in [1.29, 1.82) is 0 Å². The van der Waals surface area contributed by atoms with Crippen molar-refractivity contribution in [3.8, 4) is 0 Å². The number of amides is 1. The molecule has 1 rings (SSSR count). The molecule has 0 aliphatic carbocycles. The minimum Gasteiger partial charge on any atom is -0.356 e. The molecule has 1 aliphatic rings. The van der Waals surface area contributed by atoms with E-state index in [1.165, 1.54) is 12.8 Å². The van der Waals surface area contributed by atoms with Gasteiger partial charge in [0, 0.05) is 32.1 Å². The molecule has 82 valence electrons. The van der Waals surface area contributed by atoms with Crippen molar-refractivity contribution in [2.24, 2.45) is 0 Å². The van der Waals surface area contributed by atoms with Gasteiger partial charge in [-0.3, -0.25) is 4.79 Å². The van der Waals surface area contributed by atoms with Crippen LogP contribution in [0.1, 0.15) is 26.2 Å². The van der Waals surface area contributed by atoms with Gasteiger partial charge >= 0.3 is 0 Å². The molecule has 1 amide bonds. The zero-order valence-electron chi connectivity index (χ0n) is 8.94. The predicted molar refractivity (Wildman–Crippen MR) is 57.2 cm³/mol. The van der Waals surface area contributed by atoms with Crippen molar-refractivity contribution in [3.63, 3.8) is 0 Å². The molecule has 1 atom stereocenters. The monoisotopic (exact) mass is 199 g/mol. The Bertz CT molecular complexity index is 167. The average molecular weight is 199 g/mol. The summed E-state index contributed by atoms with van der Waals surface area (Å²) in [5.74, 6) is 0.138. The summed E-state index contributed by atoms with van der Waals surface area (Å²) in [7, 11) is 0. The summed E-state index contributed by atoms with van der Waals surface area (Å²) < 4.78 is 0. The molecule has 0 aromatic carbocycles. The number of nitrogens with one attached hydrogen (secondary N) is 3. The van der Waals surface area contributed by atoms with Gasteiger partial charge in [-0.05, 0) is 26.3 Å². The minimum atomic E-state index is 0.138. The number of rotatable bonds is 6. The van der Waals surface area contributed by atoms with Gasteiger partial charge in [0.15, 0.2) is 0 Å². The van der Waals surface area contributed by atoms with E-state index in [1.807, 2.05) is 6.92 Å². The smallest absolute Gasteiger partial charge is 0.221 e. The van der Waals surface area contributed by atoms with E-state index in [0.717, 1.165) is 26.2 Å². The Kier molecular flexibility index (Phi) is 5.56. The first-order valence-electron chi connectivity index (χ1n) is 5.53. The molecule has 0 aromatic heterocycles. The van der Waals surface area contributed by atoms with Gasteiger partial charge in [-0.2, -0.15) is 0 Å². The highest BCUT2D eigenvalue weighted by Crippen LogP contribution is 2.02. The van der Waals surface area contributed by atoms with Gasteiger partial charge in [-0.15, -0.1) is 0 Å². The maximum atomic E-state index is 11.1. The van der Waals surface area contributed by atoms with Gasteiger partial charge in [0.2, 0.25) is 5.91 Å². The van der Waals surface area contributed by atoms with Crippen molar-refractivity contribution < 1.29 is 4.79 Å². The Hall–Kier alpha value is -0.610. The summed E-state index contributed by atoms with van der Waals surface area (Å²) in [6.45, 7) is 5.57. The van der Waals surface area contributed by atoms with Gasteiger partial charge in [-0.25, -0.2) is 0 Å². The lowest BCUT2D eigenvalue weighted by Gasteiger charge is -2.10. The van der Waals surface area contributed by atoms with Crippen LogP contribution in [-0.2, 0) is 4.79 Å². The standard InChI is InChI=1S/C10H21N3O/c1-2-12-10(14)5-7-11-8-9-4-3-6-13-9/h9,11,13H,2-8H2,1H3,(H,12,14). The zero-order chi connectivity index (χ0) is 10.2. The highest BCUT2D eigenvalue weighted by molar-refractivity contribution is 5.75. The summed E-state index contributed by atoms with van der Waals surface area (Å²) in [5, 5.41) is 9.48. The molecule has 1 heterocycles. The highest BCUT2D eigenvalue weighted by atomic mass is 16.1. The Morgan fingerprint density at radius 3 is 3.07 bits per heavy atom. The molecule has 3 N–H and O–H groups in total. The van der Waals surface area contributed by atoms with E-state index in [4.69, 9.17) is 0 Å². The Morgan fingerprint density at radius 1 is 1.57 bits per heavy atom. The van der Waals surface area contributed by atoms with Crippen molar-refractivity contribution in [2.75, 3.05) is 26.2 Å². The van der Waals surface area contributed by atoms with Crippen molar-refractivity contribution in [2.45, 2.75) is 32.2 Å². The quantitative estimate of drug-likeness (QED) is 0.522. The van der Waals surface area contributed by atoms with Crippen LogP contribution in [0.15, 0.2) is 0 Å². The van der Waals surface area contributed by atoms with Crippen LogP contribution in [0.2, 0.25) is 0 Å². The van der Waals surface area contributed by atoms with E-state index in [9.17, 15) is 4.79 Å². The lowest BCUT2D eigenvalue weighted by Crippen LogP contribution is -2.36. The fourth-order valence-electron chi connectivity index (χ4n) is 1.69. The summed E-state index contributed by atoms with van der Waals surface area (Å²) in [6, 6.07) is 0.615. The fourth-order valence-corrected chi connectivity index (χ4v) is 1.69. The second-order valence-electron chi connectivity index (χ2n) is 3.70. The third-order valence-corrected chi connectivity index (χ3v) is 2.46. The number of hydrogen-bond donors (Lipinski definition) is 3. The molecule has 0 bridgehead atoms. The van der Waals surface area contributed by atoms with E-state index in [1.54, 1.807) is 0 Å². The first kappa shape index (κ1) is 11.5. The van der Waals surface area contributed by atoms with E-state index in [2.05, 4.69) is 16.0 Å². The molecular weight excluding hydrogens is 178 g/mol. The molecule has 4 heteroatoms. The first-order chi connectivity index (χ1) is 6.83. The molecule has 0 saturated carbocycles. The third-order valence-electron chi connectivity index (χ3n) is 2.46. The molecule has 1 saturated heterocycles. The summed E-state index contributed by atoms with van der Waals surface area (Å²) in [6.07, 6.45) is 3.12. The van der Waals surface area contributed by atoms with Crippen LogP contribution in [0, 0.1) is 0 Å². The molecular formula is C10H21N3O. The van der Waals surface area contributed by atoms with Crippen LogP contribution >= 0.6 is 0 Å². The van der Waals surface area contributed by atoms with Crippen molar-refractivity contribution in [3.05, 3.63) is 0 Å². The van der Waals surface area contributed by atoms with Gasteiger partial charge in [-0.1, -0.05) is 0 Å². The van der Waals surface area contributed by atoms with E-state index in [-0.39, 0.29) is 5.91 Å². The maximum Gasteiger partial charge on any atom is 0.221 e. The van der Waals surface area contributed by atoms with E-state index < -0.39 is 0 Å². The first-order valence-corrected chi connectivity index (χ1v) is 5.53. The van der Waals surface area contributed by atoms with Crippen LogP contribution in [0.5, 0.6) is 0 Å². The Morgan fingerprint density at radius 2 is 2.43 bits per heavy atom. The number of carbonyl (C=O) groups excluding carboxylic acids is 1. The third kappa shape index (κ3) is 4.58. The predicted octanol–water partition coefficient (Wildman–Crippen LogP) is -0.146. The second kappa shape index (κ2) is 6.79. The van der Waals surface area contributed by atoms with Gasteiger partial charge in [0.1, 0.15) is 0 Å². The fraction of sp³-hybridized carbons (Fsp3) is 0.900. The van der Waals surface area contributed by atoms with Gasteiger partial charge in [0.25, 0.3) is 0 Å². The molecule has 0 radical (unpaired) electrons. The SMILES string of the molecule is CCNC(=O)CCNCC1CCCN1. The van der Waals surface area contributed by atoms with Crippen LogP contribution in [-0.4, -0.2) is 38.1 Å². The summed E-state index contributed by atoms with van der Waals surface area (Å²) >= 11 is 0.